The minimum atomic E-state index is -3.60. The van der Waals surface area contributed by atoms with Gasteiger partial charge in [0.15, 0.2) is 0 Å². The standard InChI is InChI=1S/C12H17ClFNO3S/c1-10-9-11(14)3-4-12(10)19(16,17)15-6-2-7-18-8-5-13/h3-4,9,15H,2,5-8H2,1H3. The predicted octanol–water partition coefficient (Wildman–Crippen LogP) is 2.06. The third-order valence-corrected chi connectivity index (χ3v) is 4.18. The molecular formula is C12H17ClFNO3S. The van der Waals surface area contributed by atoms with Gasteiger partial charge in [0.25, 0.3) is 0 Å². The summed E-state index contributed by atoms with van der Waals surface area (Å²) in [7, 11) is -3.60. The summed E-state index contributed by atoms with van der Waals surface area (Å²) in [5, 5.41) is 0. The Morgan fingerprint density at radius 3 is 2.74 bits per heavy atom. The first-order valence-corrected chi connectivity index (χ1v) is 7.88. The number of halogens is 2. The van der Waals surface area contributed by atoms with Gasteiger partial charge in [-0.05, 0) is 37.1 Å². The number of rotatable bonds is 8. The molecule has 19 heavy (non-hydrogen) atoms. The monoisotopic (exact) mass is 309 g/mol. The first-order valence-electron chi connectivity index (χ1n) is 5.87. The fourth-order valence-corrected chi connectivity index (χ4v) is 2.94. The lowest BCUT2D eigenvalue weighted by Crippen LogP contribution is -2.26. The molecule has 1 aromatic carbocycles. The smallest absolute Gasteiger partial charge is 0.240 e. The Hall–Kier alpha value is -0.690. The molecule has 0 bridgehead atoms. The SMILES string of the molecule is Cc1cc(F)ccc1S(=O)(=O)NCCCOCCCl. The lowest BCUT2D eigenvalue weighted by molar-refractivity contribution is 0.147. The van der Waals surface area contributed by atoms with E-state index in [1.807, 2.05) is 0 Å². The molecule has 0 saturated heterocycles. The van der Waals surface area contributed by atoms with E-state index in [0.717, 1.165) is 6.07 Å². The molecule has 0 aliphatic heterocycles. The first kappa shape index (κ1) is 16.4. The van der Waals surface area contributed by atoms with Gasteiger partial charge in [0.05, 0.1) is 11.5 Å². The average molecular weight is 310 g/mol. The van der Waals surface area contributed by atoms with E-state index in [4.69, 9.17) is 16.3 Å². The van der Waals surface area contributed by atoms with Gasteiger partial charge in [-0.25, -0.2) is 17.5 Å². The van der Waals surface area contributed by atoms with E-state index in [9.17, 15) is 12.8 Å². The molecule has 1 aromatic rings. The summed E-state index contributed by atoms with van der Waals surface area (Å²) in [6, 6.07) is 3.58. The molecule has 0 aromatic heterocycles. The topological polar surface area (TPSA) is 55.4 Å². The van der Waals surface area contributed by atoms with Crippen LogP contribution >= 0.6 is 11.6 Å². The zero-order valence-electron chi connectivity index (χ0n) is 10.7. The Balaban J connectivity index is 2.52. The lowest BCUT2D eigenvalue weighted by atomic mass is 10.2. The van der Waals surface area contributed by atoms with E-state index in [2.05, 4.69) is 4.72 Å². The van der Waals surface area contributed by atoms with Crippen molar-refractivity contribution in [2.45, 2.75) is 18.2 Å². The Morgan fingerprint density at radius 1 is 1.37 bits per heavy atom. The molecule has 0 spiro atoms. The zero-order chi connectivity index (χ0) is 14.3. The number of alkyl halides is 1. The second kappa shape index (κ2) is 7.79. The van der Waals surface area contributed by atoms with Gasteiger partial charge < -0.3 is 4.74 Å². The van der Waals surface area contributed by atoms with E-state index in [0.29, 0.717) is 31.1 Å². The van der Waals surface area contributed by atoms with Crippen LogP contribution in [-0.4, -0.2) is 34.1 Å². The molecule has 0 unspecified atom stereocenters. The van der Waals surface area contributed by atoms with Gasteiger partial charge in [-0.2, -0.15) is 0 Å². The molecule has 0 saturated carbocycles. The molecule has 0 aliphatic carbocycles. The lowest BCUT2D eigenvalue weighted by Gasteiger charge is -2.09. The Kier molecular flexibility index (Phi) is 6.71. The van der Waals surface area contributed by atoms with Crippen molar-refractivity contribution in [2.24, 2.45) is 0 Å². The Labute approximate surface area is 118 Å². The van der Waals surface area contributed by atoms with E-state index < -0.39 is 15.8 Å². The highest BCUT2D eigenvalue weighted by molar-refractivity contribution is 7.89. The van der Waals surface area contributed by atoms with Crippen LogP contribution in [0.5, 0.6) is 0 Å². The molecule has 1 N–H and O–H groups in total. The van der Waals surface area contributed by atoms with Crippen molar-refractivity contribution >= 4 is 21.6 Å². The molecule has 0 amide bonds. The van der Waals surface area contributed by atoms with E-state index >= 15 is 0 Å². The van der Waals surface area contributed by atoms with Crippen LogP contribution in [-0.2, 0) is 14.8 Å². The number of hydrogen-bond donors (Lipinski definition) is 1. The Morgan fingerprint density at radius 2 is 2.11 bits per heavy atom. The third-order valence-electron chi connectivity index (χ3n) is 2.41. The molecular weight excluding hydrogens is 293 g/mol. The maximum absolute atomic E-state index is 12.9. The second-order valence-electron chi connectivity index (χ2n) is 3.96. The van der Waals surface area contributed by atoms with Crippen LogP contribution in [0.2, 0.25) is 0 Å². The Bertz CT molecular complexity index is 508. The van der Waals surface area contributed by atoms with Crippen molar-refractivity contribution in [1.82, 2.24) is 4.72 Å². The summed E-state index contributed by atoms with van der Waals surface area (Å²) in [5.74, 6) is -0.0357. The summed E-state index contributed by atoms with van der Waals surface area (Å²) in [6.07, 6.45) is 0.552. The molecule has 0 aliphatic rings. The molecule has 1 rings (SSSR count). The largest absolute Gasteiger partial charge is 0.380 e. The van der Waals surface area contributed by atoms with Gasteiger partial charge >= 0.3 is 0 Å². The maximum Gasteiger partial charge on any atom is 0.240 e. The summed E-state index contributed by atoms with van der Waals surface area (Å²) < 4.78 is 44.4. The second-order valence-corrected chi connectivity index (χ2v) is 6.08. The summed E-state index contributed by atoms with van der Waals surface area (Å²) in [4.78, 5) is 0.0931. The molecule has 7 heteroatoms. The van der Waals surface area contributed by atoms with Crippen LogP contribution in [0, 0.1) is 12.7 Å². The number of nitrogens with one attached hydrogen (secondary N) is 1. The van der Waals surface area contributed by atoms with Crippen molar-refractivity contribution in [1.29, 1.82) is 0 Å². The number of hydrogen-bond acceptors (Lipinski definition) is 3. The third kappa shape index (κ3) is 5.44. The molecule has 0 radical (unpaired) electrons. The van der Waals surface area contributed by atoms with E-state index in [1.54, 1.807) is 6.92 Å². The summed E-state index contributed by atoms with van der Waals surface area (Å²) in [6.45, 7) is 2.71. The normalized spacial score (nSPS) is 11.7. The van der Waals surface area contributed by atoms with Crippen molar-refractivity contribution in [3.05, 3.63) is 29.6 Å². The van der Waals surface area contributed by atoms with Crippen LogP contribution < -0.4 is 4.72 Å². The van der Waals surface area contributed by atoms with Crippen LogP contribution in [0.25, 0.3) is 0 Å². The quantitative estimate of drug-likeness (QED) is 0.591. The summed E-state index contributed by atoms with van der Waals surface area (Å²) in [5.41, 5.74) is 0.380. The minimum Gasteiger partial charge on any atom is -0.380 e. The molecule has 0 fully saturated rings. The summed E-state index contributed by atoms with van der Waals surface area (Å²) >= 11 is 5.43. The number of ether oxygens (including phenoxy) is 1. The van der Waals surface area contributed by atoms with Gasteiger partial charge in [-0.15, -0.1) is 11.6 Å². The fraction of sp³-hybridized carbons (Fsp3) is 0.500. The van der Waals surface area contributed by atoms with Crippen molar-refractivity contribution in [2.75, 3.05) is 25.6 Å². The van der Waals surface area contributed by atoms with E-state index in [1.165, 1.54) is 12.1 Å². The maximum atomic E-state index is 12.9. The van der Waals surface area contributed by atoms with Crippen molar-refractivity contribution in [3.63, 3.8) is 0 Å². The highest BCUT2D eigenvalue weighted by Gasteiger charge is 2.16. The van der Waals surface area contributed by atoms with Crippen LogP contribution in [0.15, 0.2) is 23.1 Å². The van der Waals surface area contributed by atoms with Crippen LogP contribution in [0.4, 0.5) is 4.39 Å². The number of sulfonamides is 1. The highest BCUT2D eigenvalue weighted by atomic mass is 35.5. The highest BCUT2D eigenvalue weighted by Crippen LogP contribution is 2.15. The molecule has 0 atom stereocenters. The van der Waals surface area contributed by atoms with Crippen LogP contribution in [0.3, 0.4) is 0 Å². The van der Waals surface area contributed by atoms with Crippen molar-refractivity contribution in [3.8, 4) is 0 Å². The molecule has 4 nitrogen and oxygen atoms in total. The fourth-order valence-electron chi connectivity index (χ4n) is 1.53. The van der Waals surface area contributed by atoms with Gasteiger partial charge in [0.2, 0.25) is 10.0 Å². The minimum absolute atomic E-state index is 0.0931. The zero-order valence-corrected chi connectivity index (χ0v) is 12.2. The van der Waals surface area contributed by atoms with Gasteiger partial charge in [-0.1, -0.05) is 0 Å². The number of aryl methyl sites for hydroxylation is 1. The van der Waals surface area contributed by atoms with Gasteiger partial charge in [-0.3, -0.25) is 0 Å². The van der Waals surface area contributed by atoms with E-state index in [-0.39, 0.29) is 11.4 Å². The molecule has 0 heterocycles. The van der Waals surface area contributed by atoms with Gasteiger partial charge in [0, 0.05) is 19.0 Å². The molecule has 108 valence electrons. The number of benzene rings is 1. The predicted molar refractivity (Wildman–Crippen MR) is 72.5 cm³/mol. The first-order chi connectivity index (χ1) is 8.97. The average Bonchev–Trinajstić information content (AvgIpc) is 2.33. The van der Waals surface area contributed by atoms with Crippen LogP contribution in [0.1, 0.15) is 12.0 Å². The van der Waals surface area contributed by atoms with Gasteiger partial charge in [0.1, 0.15) is 5.82 Å². The van der Waals surface area contributed by atoms with Crippen molar-refractivity contribution < 1.29 is 17.5 Å².